The highest BCUT2D eigenvalue weighted by Gasteiger charge is 2.21. The van der Waals surface area contributed by atoms with Gasteiger partial charge in [-0.15, -0.1) is 11.3 Å². The van der Waals surface area contributed by atoms with E-state index in [0.29, 0.717) is 23.1 Å². The Hall–Kier alpha value is -3.98. The maximum atomic E-state index is 13.2. The van der Waals surface area contributed by atoms with Crippen molar-refractivity contribution in [2.24, 2.45) is 0 Å². The van der Waals surface area contributed by atoms with Crippen molar-refractivity contribution < 1.29 is 14.0 Å². The normalized spacial score (nSPS) is 10.6. The number of amides is 2. The van der Waals surface area contributed by atoms with Gasteiger partial charge in [-0.1, -0.05) is 18.2 Å². The van der Waals surface area contributed by atoms with E-state index in [2.05, 4.69) is 20.6 Å². The Kier molecular flexibility index (Phi) is 7.67. The molecule has 0 aliphatic rings. The molecule has 8 nitrogen and oxygen atoms in total. The van der Waals surface area contributed by atoms with E-state index in [4.69, 9.17) is 4.42 Å². The molecule has 3 heterocycles. The van der Waals surface area contributed by atoms with Crippen molar-refractivity contribution in [1.29, 1.82) is 0 Å². The van der Waals surface area contributed by atoms with Gasteiger partial charge < -0.3 is 20.0 Å². The maximum Gasteiger partial charge on any atom is 0.273 e. The zero-order chi connectivity index (χ0) is 23.8. The lowest BCUT2D eigenvalue weighted by Gasteiger charge is -2.20. The summed E-state index contributed by atoms with van der Waals surface area (Å²) in [5.41, 5.74) is 3.27. The Morgan fingerprint density at radius 1 is 1.15 bits per heavy atom. The minimum Gasteiger partial charge on any atom is -0.467 e. The van der Waals surface area contributed by atoms with Crippen molar-refractivity contribution >= 4 is 34.0 Å². The molecule has 2 amide bonds. The standard InChI is InChI=1S/C25H25N5O3S/c1-18-5-2-7-20(13-18)28-25-29-22(17-34-25)24(32)30(16-21-8-4-12-33-21)11-9-23(31)27-15-19-6-3-10-26-14-19/h2-8,10,12-14,17H,9,11,15-16H2,1H3,(H,27,31)(H,28,29). The first kappa shape index (κ1) is 23.2. The number of hydrogen-bond donors (Lipinski definition) is 2. The lowest BCUT2D eigenvalue weighted by Crippen LogP contribution is -2.35. The van der Waals surface area contributed by atoms with Crippen LogP contribution in [-0.4, -0.2) is 33.2 Å². The fourth-order valence-corrected chi connectivity index (χ4v) is 4.01. The average Bonchev–Trinajstić information content (AvgIpc) is 3.53. The third kappa shape index (κ3) is 6.52. The number of carbonyl (C=O) groups excluding carboxylic acids is 2. The van der Waals surface area contributed by atoms with E-state index in [1.54, 1.807) is 41.1 Å². The SMILES string of the molecule is Cc1cccc(Nc2nc(C(=O)N(CCC(=O)NCc3cccnc3)Cc3ccco3)cs2)c1. The highest BCUT2D eigenvalue weighted by atomic mass is 32.1. The summed E-state index contributed by atoms with van der Waals surface area (Å²) < 4.78 is 5.43. The van der Waals surface area contributed by atoms with E-state index in [-0.39, 0.29) is 31.3 Å². The summed E-state index contributed by atoms with van der Waals surface area (Å²) in [5, 5.41) is 8.45. The Morgan fingerprint density at radius 3 is 2.82 bits per heavy atom. The van der Waals surface area contributed by atoms with Gasteiger partial charge in [0.15, 0.2) is 5.13 Å². The third-order valence-corrected chi connectivity index (χ3v) is 5.79. The summed E-state index contributed by atoms with van der Waals surface area (Å²) in [6.07, 6.45) is 5.11. The second-order valence-electron chi connectivity index (χ2n) is 7.73. The van der Waals surface area contributed by atoms with Crippen LogP contribution in [0.2, 0.25) is 0 Å². The number of rotatable bonds is 10. The van der Waals surface area contributed by atoms with Gasteiger partial charge in [0.2, 0.25) is 5.91 Å². The van der Waals surface area contributed by atoms with Gasteiger partial charge in [-0.25, -0.2) is 4.98 Å². The molecule has 0 saturated carbocycles. The first-order valence-electron chi connectivity index (χ1n) is 10.8. The summed E-state index contributed by atoms with van der Waals surface area (Å²) in [6, 6.07) is 15.2. The van der Waals surface area contributed by atoms with Crippen molar-refractivity contribution in [3.8, 4) is 0 Å². The molecule has 3 aromatic heterocycles. The number of nitrogens with zero attached hydrogens (tertiary/aromatic N) is 3. The second-order valence-corrected chi connectivity index (χ2v) is 8.58. The number of hydrogen-bond acceptors (Lipinski definition) is 7. The van der Waals surface area contributed by atoms with E-state index in [0.717, 1.165) is 16.8 Å². The van der Waals surface area contributed by atoms with Gasteiger partial charge in [0.25, 0.3) is 5.91 Å². The van der Waals surface area contributed by atoms with Crippen LogP contribution in [0.25, 0.3) is 0 Å². The summed E-state index contributed by atoms with van der Waals surface area (Å²) in [4.78, 5) is 35.7. The van der Waals surface area contributed by atoms with Crippen LogP contribution in [0.4, 0.5) is 10.8 Å². The van der Waals surface area contributed by atoms with Crippen LogP contribution >= 0.6 is 11.3 Å². The molecule has 1 aromatic carbocycles. The predicted molar refractivity (Wildman–Crippen MR) is 131 cm³/mol. The fourth-order valence-electron chi connectivity index (χ4n) is 3.31. The lowest BCUT2D eigenvalue weighted by molar-refractivity contribution is -0.121. The van der Waals surface area contributed by atoms with Crippen LogP contribution in [0.15, 0.2) is 77.0 Å². The number of carbonyl (C=O) groups is 2. The number of thiazole rings is 1. The Bertz CT molecular complexity index is 1220. The topological polar surface area (TPSA) is 100 Å². The molecule has 34 heavy (non-hydrogen) atoms. The maximum absolute atomic E-state index is 13.2. The molecule has 0 unspecified atom stereocenters. The second kappa shape index (κ2) is 11.2. The van der Waals surface area contributed by atoms with Gasteiger partial charge in [0, 0.05) is 43.0 Å². The molecule has 9 heteroatoms. The van der Waals surface area contributed by atoms with E-state index in [1.807, 2.05) is 43.3 Å². The molecule has 2 N–H and O–H groups in total. The van der Waals surface area contributed by atoms with Crippen molar-refractivity contribution in [2.45, 2.75) is 26.4 Å². The van der Waals surface area contributed by atoms with Gasteiger partial charge >= 0.3 is 0 Å². The largest absolute Gasteiger partial charge is 0.467 e. The minimum atomic E-state index is -0.259. The highest BCUT2D eigenvalue weighted by molar-refractivity contribution is 7.14. The van der Waals surface area contributed by atoms with Gasteiger partial charge in [0.1, 0.15) is 11.5 Å². The number of aryl methyl sites for hydroxylation is 1. The summed E-state index contributed by atoms with van der Waals surface area (Å²) in [7, 11) is 0. The smallest absolute Gasteiger partial charge is 0.273 e. The predicted octanol–water partition coefficient (Wildman–Crippen LogP) is 4.53. The first-order chi connectivity index (χ1) is 16.6. The summed E-state index contributed by atoms with van der Waals surface area (Å²) in [6.45, 7) is 2.89. The van der Waals surface area contributed by atoms with Crippen LogP contribution in [0, 0.1) is 6.92 Å². The first-order valence-corrected chi connectivity index (χ1v) is 11.7. The molecule has 0 bridgehead atoms. The minimum absolute atomic E-state index is 0.152. The van der Waals surface area contributed by atoms with Gasteiger partial charge in [-0.3, -0.25) is 14.6 Å². The molecule has 0 aliphatic carbocycles. The van der Waals surface area contributed by atoms with Crippen LogP contribution < -0.4 is 10.6 Å². The van der Waals surface area contributed by atoms with Crippen molar-refractivity contribution in [1.82, 2.24) is 20.2 Å². The van der Waals surface area contributed by atoms with Crippen molar-refractivity contribution in [2.75, 3.05) is 11.9 Å². The van der Waals surface area contributed by atoms with Crippen molar-refractivity contribution in [3.05, 3.63) is 95.1 Å². The van der Waals surface area contributed by atoms with Crippen LogP contribution in [0.1, 0.15) is 33.8 Å². The fraction of sp³-hybridized carbons (Fsp3) is 0.200. The molecule has 4 aromatic rings. The number of aromatic nitrogens is 2. The summed E-state index contributed by atoms with van der Waals surface area (Å²) in [5.74, 6) is 0.226. The molecule has 4 rings (SSSR count). The number of furan rings is 1. The van der Waals surface area contributed by atoms with Crippen LogP contribution in [-0.2, 0) is 17.9 Å². The lowest BCUT2D eigenvalue weighted by atomic mass is 10.2. The van der Waals surface area contributed by atoms with Crippen molar-refractivity contribution in [3.63, 3.8) is 0 Å². The Balaban J connectivity index is 1.39. The molecule has 0 fully saturated rings. The summed E-state index contributed by atoms with van der Waals surface area (Å²) >= 11 is 1.36. The zero-order valence-corrected chi connectivity index (χ0v) is 19.5. The Morgan fingerprint density at radius 2 is 2.06 bits per heavy atom. The van der Waals surface area contributed by atoms with Gasteiger partial charge in [0.05, 0.1) is 12.8 Å². The Labute approximate surface area is 201 Å². The van der Waals surface area contributed by atoms with E-state index >= 15 is 0 Å². The highest BCUT2D eigenvalue weighted by Crippen LogP contribution is 2.23. The molecule has 0 radical (unpaired) electrons. The number of benzene rings is 1. The van der Waals surface area contributed by atoms with Crippen LogP contribution in [0.3, 0.4) is 0 Å². The van der Waals surface area contributed by atoms with Crippen LogP contribution in [0.5, 0.6) is 0 Å². The number of anilines is 2. The molecule has 0 atom stereocenters. The average molecular weight is 476 g/mol. The quantitative estimate of drug-likeness (QED) is 0.349. The zero-order valence-electron chi connectivity index (χ0n) is 18.7. The number of pyridine rings is 1. The molecular formula is C25H25N5O3S. The van der Waals surface area contributed by atoms with E-state index < -0.39 is 0 Å². The van der Waals surface area contributed by atoms with E-state index in [1.165, 1.54) is 11.3 Å². The monoisotopic (exact) mass is 475 g/mol. The molecule has 0 spiro atoms. The molecule has 174 valence electrons. The molecule has 0 saturated heterocycles. The number of nitrogens with one attached hydrogen (secondary N) is 2. The van der Waals surface area contributed by atoms with Gasteiger partial charge in [-0.05, 0) is 48.4 Å². The third-order valence-electron chi connectivity index (χ3n) is 5.03. The molecular weight excluding hydrogens is 450 g/mol. The van der Waals surface area contributed by atoms with Gasteiger partial charge in [-0.2, -0.15) is 0 Å². The van der Waals surface area contributed by atoms with E-state index in [9.17, 15) is 9.59 Å². The molecule has 0 aliphatic heterocycles.